The van der Waals surface area contributed by atoms with E-state index in [9.17, 15) is 4.79 Å². The Morgan fingerprint density at radius 2 is 1.60 bits per heavy atom. The van der Waals surface area contributed by atoms with Crippen molar-refractivity contribution < 1.29 is 14.3 Å². The van der Waals surface area contributed by atoms with Gasteiger partial charge in [-0.05, 0) is 99.7 Å². The molecule has 7 heteroatoms. The number of piperidine rings is 2. The summed E-state index contributed by atoms with van der Waals surface area (Å²) in [7, 11) is 0. The van der Waals surface area contributed by atoms with Gasteiger partial charge in [-0.2, -0.15) is 0 Å². The monoisotopic (exact) mass is 576 g/mol. The topological polar surface area (TPSA) is 59.8 Å². The van der Waals surface area contributed by atoms with Crippen LogP contribution >= 0.6 is 0 Å². The van der Waals surface area contributed by atoms with Gasteiger partial charge in [0, 0.05) is 36.8 Å². The van der Waals surface area contributed by atoms with Crippen LogP contribution in [0.25, 0.3) is 11.0 Å². The highest BCUT2D eigenvalue weighted by Gasteiger charge is 2.44. The molecule has 4 aliphatic heterocycles. The van der Waals surface area contributed by atoms with E-state index >= 15 is 0 Å². The number of hydrogen-bond acceptors (Lipinski definition) is 5. The molecule has 222 valence electrons. The van der Waals surface area contributed by atoms with Crippen molar-refractivity contribution >= 4 is 16.9 Å². The Bertz CT molecular complexity index is 1630. The molecule has 1 amide bonds. The maximum atomic E-state index is 13.5. The zero-order valence-corrected chi connectivity index (χ0v) is 25.0. The van der Waals surface area contributed by atoms with Crippen LogP contribution in [0, 0.1) is 6.92 Å². The lowest BCUT2D eigenvalue weighted by atomic mass is 9.70. The SMILES string of the molecule is Cc1nc2ccccc2n1[C@H]1C[C@H]2CC[C@@H](C1)N2CCC1(c2ccccc2)CCN(C(=O)c2ccc3c(c2)OCO3)CC1. The van der Waals surface area contributed by atoms with E-state index in [1.54, 1.807) is 0 Å². The second-order valence-electron chi connectivity index (χ2n) is 13.0. The molecule has 3 saturated heterocycles. The molecular formula is C36H40N4O3. The molecule has 1 aromatic heterocycles. The van der Waals surface area contributed by atoms with Gasteiger partial charge in [0.1, 0.15) is 5.82 Å². The van der Waals surface area contributed by atoms with Gasteiger partial charge in [0.2, 0.25) is 6.79 Å². The van der Waals surface area contributed by atoms with Crippen LogP contribution in [0.15, 0.2) is 72.8 Å². The van der Waals surface area contributed by atoms with Gasteiger partial charge in [0.25, 0.3) is 5.91 Å². The molecule has 0 saturated carbocycles. The summed E-state index contributed by atoms with van der Waals surface area (Å²) in [5.74, 6) is 2.60. The number of para-hydroxylation sites is 2. The van der Waals surface area contributed by atoms with E-state index < -0.39 is 0 Å². The molecule has 5 heterocycles. The summed E-state index contributed by atoms with van der Waals surface area (Å²) in [6.07, 6.45) is 8.10. The fraction of sp³-hybridized carbons (Fsp3) is 0.444. The molecule has 0 unspecified atom stereocenters. The number of imidazole rings is 1. The minimum Gasteiger partial charge on any atom is -0.454 e. The molecule has 0 N–H and O–H groups in total. The van der Waals surface area contributed by atoms with Crippen LogP contribution in [0.4, 0.5) is 0 Å². The lowest BCUT2D eigenvalue weighted by Gasteiger charge is -2.45. The van der Waals surface area contributed by atoms with Gasteiger partial charge in [0.15, 0.2) is 11.5 Å². The fourth-order valence-corrected chi connectivity index (χ4v) is 8.62. The number of aromatic nitrogens is 2. The molecule has 0 aliphatic carbocycles. The van der Waals surface area contributed by atoms with E-state index in [4.69, 9.17) is 14.5 Å². The molecule has 2 bridgehead atoms. The first-order valence-corrected chi connectivity index (χ1v) is 16.0. The van der Waals surface area contributed by atoms with Crippen LogP contribution in [0.3, 0.4) is 0 Å². The number of nitrogens with zero attached hydrogens (tertiary/aromatic N) is 4. The summed E-state index contributed by atoms with van der Waals surface area (Å²) in [4.78, 5) is 23.3. The quantitative estimate of drug-likeness (QED) is 0.262. The minimum absolute atomic E-state index is 0.0837. The van der Waals surface area contributed by atoms with E-state index in [1.807, 2.05) is 23.1 Å². The summed E-state index contributed by atoms with van der Waals surface area (Å²) < 4.78 is 13.5. The number of ether oxygens (including phenoxy) is 2. The van der Waals surface area contributed by atoms with E-state index in [1.165, 1.54) is 36.8 Å². The van der Waals surface area contributed by atoms with Gasteiger partial charge in [-0.15, -0.1) is 0 Å². The number of likely N-dealkylation sites (tertiary alicyclic amines) is 1. The molecule has 3 atom stereocenters. The predicted molar refractivity (Wildman–Crippen MR) is 167 cm³/mol. The van der Waals surface area contributed by atoms with Crippen LogP contribution in [0.5, 0.6) is 11.5 Å². The Morgan fingerprint density at radius 3 is 2.40 bits per heavy atom. The van der Waals surface area contributed by atoms with E-state index in [2.05, 4.69) is 71.0 Å². The standard InChI is InChI=1S/C36H40N4O3/c1-25-37-31-9-5-6-10-32(31)40(25)30-22-28-12-13-29(23-30)39(28)20-17-36(27-7-3-2-4-8-27)15-18-38(19-16-36)35(41)26-11-14-33-34(21-26)43-24-42-33/h2-11,14,21,28-30H,12-13,15-20,22-24H2,1H3/t28-,29+,30+. The summed E-state index contributed by atoms with van der Waals surface area (Å²) in [6, 6.07) is 27.0. The molecule has 43 heavy (non-hydrogen) atoms. The highest BCUT2D eigenvalue weighted by molar-refractivity contribution is 5.95. The number of fused-ring (bicyclic) bond motifs is 4. The zero-order chi connectivity index (χ0) is 29.0. The molecule has 7 nitrogen and oxygen atoms in total. The molecule has 0 spiro atoms. The number of rotatable bonds is 6. The van der Waals surface area contributed by atoms with E-state index in [0.717, 1.165) is 50.2 Å². The van der Waals surface area contributed by atoms with Crippen molar-refractivity contribution in [2.75, 3.05) is 26.4 Å². The van der Waals surface area contributed by atoms with E-state index in [-0.39, 0.29) is 18.1 Å². The largest absolute Gasteiger partial charge is 0.454 e. The van der Waals surface area contributed by atoms with Gasteiger partial charge in [-0.1, -0.05) is 42.5 Å². The van der Waals surface area contributed by atoms with Crippen LogP contribution < -0.4 is 9.47 Å². The highest BCUT2D eigenvalue weighted by Crippen LogP contribution is 2.45. The second-order valence-corrected chi connectivity index (χ2v) is 13.0. The zero-order valence-electron chi connectivity index (χ0n) is 25.0. The first-order chi connectivity index (χ1) is 21.1. The van der Waals surface area contributed by atoms with Crippen molar-refractivity contribution in [3.8, 4) is 11.5 Å². The third kappa shape index (κ3) is 4.69. The third-order valence-corrected chi connectivity index (χ3v) is 10.9. The van der Waals surface area contributed by atoms with Crippen LogP contribution in [0.2, 0.25) is 0 Å². The van der Waals surface area contributed by atoms with Gasteiger partial charge >= 0.3 is 0 Å². The summed E-state index contributed by atoms with van der Waals surface area (Å²) in [6.45, 7) is 5.04. The third-order valence-electron chi connectivity index (χ3n) is 10.9. The van der Waals surface area contributed by atoms with Gasteiger partial charge < -0.3 is 18.9 Å². The molecule has 4 aliphatic rings. The van der Waals surface area contributed by atoms with Crippen molar-refractivity contribution in [2.45, 2.75) is 75.4 Å². The highest BCUT2D eigenvalue weighted by atomic mass is 16.7. The average Bonchev–Trinajstić information content (AvgIpc) is 3.72. The predicted octanol–water partition coefficient (Wildman–Crippen LogP) is 6.51. The molecule has 4 aromatic rings. The Hall–Kier alpha value is -3.84. The first-order valence-electron chi connectivity index (χ1n) is 16.0. The van der Waals surface area contributed by atoms with E-state index in [0.29, 0.717) is 35.2 Å². The smallest absolute Gasteiger partial charge is 0.253 e. The Labute approximate surface area is 253 Å². The van der Waals surface area contributed by atoms with Crippen molar-refractivity contribution in [3.63, 3.8) is 0 Å². The Morgan fingerprint density at radius 1 is 0.884 bits per heavy atom. The van der Waals surface area contributed by atoms with Crippen molar-refractivity contribution in [3.05, 3.63) is 89.7 Å². The summed E-state index contributed by atoms with van der Waals surface area (Å²) in [5.41, 5.74) is 4.58. The number of aryl methyl sites for hydroxylation is 1. The maximum absolute atomic E-state index is 13.5. The second kappa shape index (κ2) is 10.7. The van der Waals surface area contributed by atoms with Gasteiger partial charge in [-0.3, -0.25) is 9.69 Å². The van der Waals surface area contributed by atoms with Crippen molar-refractivity contribution in [1.29, 1.82) is 0 Å². The maximum Gasteiger partial charge on any atom is 0.253 e. The Balaban J connectivity index is 0.973. The number of amides is 1. The molecule has 8 rings (SSSR count). The van der Waals surface area contributed by atoms with Crippen molar-refractivity contribution in [1.82, 2.24) is 19.4 Å². The lowest BCUT2D eigenvalue weighted by Crippen LogP contribution is -2.49. The number of carbonyl (C=O) groups excluding carboxylic acids is 1. The van der Waals surface area contributed by atoms with Gasteiger partial charge in [0.05, 0.1) is 11.0 Å². The number of carbonyl (C=O) groups is 1. The first kappa shape index (κ1) is 26.8. The number of hydrogen-bond donors (Lipinski definition) is 0. The van der Waals surface area contributed by atoms with Crippen LogP contribution in [0.1, 0.15) is 72.7 Å². The summed E-state index contributed by atoms with van der Waals surface area (Å²) in [5, 5.41) is 0. The average molecular weight is 577 g/mol. The van der Waals surface area contributed by atoms with Crippen LogP contribution in [-0.4, -0.2) is 63.8 Å². The molecule has 3 aromatic carbocycles. The number of benzene rings is 3. The summed E-state index contributed by atoms with van der Waals surface area (Å²) >= 11 is 0. The normalized spacial score (nSPS) is 24.5. The van der Waals surface area contributed by atoms with Gasteiger partial charge in [-0.25, -0.2) is 4.98 Å². The molecule has 3 fully saturated rings. The Kier molecular flexibility index (Phi) is 6.66. The fourth-order valence-electron chi connectivity index (χ4n) is 8.62. The molecular weight excluding hydrogens is 536 g/mol. The molecule has 0 radical (unpaired) electrons. The van der Waals surface area contributed by atoms with Crippen molar-refractivity contribution in [2.24, 2.45) is 0 Å². The minimum atomic E-state index is 0.0837. The lowest BCUT2D eigenvalue weighted by molar-refractivity contribution is 0.0606. The van der Waals surface area contributed by atoms with Crippen LogP contribution in [-0.2, 0) is 5.41 Å².